The van der Waals surface area contributed by atoms with Crippen molar-refractivity contribution in [3.05, 3.63) is 46.3 Å². The van der Waals surface area contributed by atoms with Crippen molar-refractivity contribution in [3.8, 4) is 0 Å². The van der Waals surface area contributed by atoms with Crippen LogP contribution in [0.4, 0.5) is 4.79 Å². The first-order valence-corrected chi connectivity index (χ1v) is 11.2. The third-order valence-corrected chi connectivity index (χ3v) is 8.85. The third kappa shape index (κ3) is 7.60. The summed E-state index contributed by atoms with van der Waals surface area (Å²) in [6.07, 6.45) is -0.555. The number of hydrogen-bond acceptors (Lipinski definition) is 4. The van der Waals surface area contributed by atoms with Gasteiger partial charge in [0.1, 0.15) is 6.61 Å². The van der Waals surface area contributed by atoms with Crippen molar-refractivity contribution in [1.82, 2.24) is 5.32 Å². The fraction of sp³-hybridized carbons (Fsp3) is 0.588. The minimum absolute atomic E-state index is 0.0594. The van der Waals surface area contributed by atoms with Gasteiger partial charge >= 0.3 is 6.09 Å². The standard InChI is InChI=1S/C17H28N4O3Si/c1-17(2,3)25(4,5)24-13-15(11-19-21-18)20-16(22)23-12-14-9-7-6-8-10-14/h6-10,15H,11-13H2,1-5H3,(H,20,22)/t15-/m1/s1. The van der Waals surface area contributed by atoms with Crippen molar-refractivity contribution in [2.75, 3.05) is 13.2 Å². The molecule has 0 saturated carbocycles. The van der Waals surface area contributed by atoms with Crippen molar-refractivity contribution >= 4 is 14.4 Å². The number of hydrogen-bond donors (Lipinski definition) is 1. The van der Waals surface area contributed by atoms with Gasteiger partial charge in [-0.1, -0.05) is 56.2 Å². The van der Waals surface area contributed by atoms with Crippen molar-refractivity contribution in [2.24, 2.45) is 5.11 Å². The molecular formula is C17H28N4O3Si. The normalized spacial score (nSPS) is 12.8. The average molecular weight is 365 g/mol. The Bertz CT molecular complexity index is 596. The summed E-state index contributed by atoms with van der Waals surface area (Å²) in [5.41, 5.74) is 9.45. The number of carbonyl (C=O) groups excluding carboxylic acids is 1. The molecular weight excluding hydrogens is 336 g/mol. The van der Waals surface area contributed by atoms with Crippen LogP contribution in [0.1, 0.15) is 26.3 Å². The second-order valence-electron chi connectivity index (χ2n) is 7.39. The van der Waals surface area contributed by atoms with Crippen LogP contribution in [0.2, 0.25) is 18.1 Å². The van der Waals surface area contributed by atoms with Crippen LogP contribution >= 0.6 is 0 Å². The fourth-order valence-electron chi connectivity index (χ4n) is 1.73. The summed E-state index contributed by atoms with van der Waals surface area (Å²) in [5, 5.41) is 6.33. The molecule has 0 aliphatic rings. The Morgan fingerprint density at radius 1 is 1.32 bits per heavy atom. The van der Waals surface area contributed by atoms with Gasteiger partial charge in [-0.15, -0.1) is 0 Å². The van der Waals surface area contributed by atoms with E-state index in [4.69, 9.17) is 14.7 Å². The molecule has 1 atom stereocenters. The molecule has 25 heavy (non-hydrogen) atoms. The summed E-state index contributed by atoms with van der Waals surface area (Å²) in [7, 11) is -1.96. The Morgan fingerprint density at radius 3 is 2.52 bits per heavy atom. The van der Waals surface area contributed by atoms with Gasteiger partial charge in [0.25, 0.3) is 0 Å². The molecule has 1 N–H and O–H groups in total. The van der Waals surface area contributed by atoms with Gasteiger partial charge < -0.3 is 14.5 Å². The van der Waals surface area contributed by atoms with E-state index in [1.165, 1.54) is 0 Å². The molecule has 0 heterocycles. The maximum Gasteiger partial charge on any atom is 0.407 e. The van der Waals surface area contributed by atoms with E-state index in [0.717, 1.165) is 5.56 Å². The molecule has 0 aliphatic carbocycles. The summed E-state index contributed by atoms with van der Waals surface area (Å²) in [5.74, 6) is 0. The lowest BCUT2D eigenvalue weighted by molar-refractivity contribution is 0.130. The highest BCUT2D eigenvalue weighted by Gasteiger charge is 2.37. The SMILES string of the molecule is CC(C)(C)[Si](C)(C)OC[C@@H](CN=[N+]=[N-])NC(=O)OCc1ccccc1. The summed E-state index contributed by atoms with van der Waals surface area (Å²) in [6, 6.07) is 9.00. The van der Waals surface area contributed by atoms with E-state index in [1.54, 1.807) is 0 Å². The van der Waals surface area contributed by atoms with Gasteiger partial charge in [0.05, 0.1) is 12.6 Å². The van der Waals surface area contributed by atoms with Crippen LogP contribution in [-0.4, -0.2) is 33.6 Å². The van der Waals surface area contributed by atoms with E-state index >= 15 is 0 Å². The van der Waals surface area contributed by atoms with E-state index < -0.39 is 20.5 Å². The fourth-order valence-corrected chi connectivity index (χ4v) is 2.78. The molecule has 0 saturated heterocycles. The number of azide groups is 1. The molecule has 0 aromatic heterocycles. The van der Waals surface area contributed by atoms with E-state index in [-0.39, 0.29) is 24.8 Å². The Balaban J connectivity index is 2.57. The number of rotatable bonds is 8. The van der Waals surface area contributed by atoms with Gasteiger partial charge in [-0.2, -0.15) is 0 Å². The monoisotopic (exact) mass is 364 g/mol. The second kappa shape index (κ2) is 9.46. The number of alkyl carbamates (subject to hydrolysis) is 1. The van der Waals surface area contributed by atoms with Gasteiger partial charge in [-0.05, 0) is 29.2 Å². The molecule has 0 aliphatic heterocycles. The molecule has 7 nitrogen and oxygen atoms in total. The largest absolute Gasteiger partial charge is 0.445 e. The van der Waals surface area contributed by atoms with Gasteiger partial charge in [0.15, 0.2) is 8.32 Å². The Kier molecular flexibility index (Phi) is 7.95. The first-order chi connectivity index (χ1) is 11.7. The van der Waals surface area contributed by atoms with Gasteiger partial charge in [-0.3, -0.25) is 0 Å². The van der Waals surface area contributed by atoms with Crippen molar-refractivity contribution in [3.63, 3.8) is 0 Å². The molecule has 1 aromatic carbocycles. The lowest BCUT2D eigenvalue weighted by Gasteiger charge is -2.37. The first-order valence-electron chi connectivity index (χ1n) is 8.28. The zero-order chi connectivity index (χ0) is 18.9. The quantitative estimate of drug-likeness (QED) is 0.315. The molecule has 0 unspecified atom stereocenters. The molecule has 0 fully saturated rings. The molecule has 1 amide bonds. The first kappa shape index (κ1) is 21.0. The molecule has 8 heteroatoms. The van der Waals surface area contributed by atoms with Crippen LogP contribution in [0.3, 0.4) is 0 Å². The second-order valence-corrected chi connectivity index (χ2v) is 12.2. The lowest BCUT2D eigenvalue weighted by atomic mass is 10.2. The van der Waals surface area contributed by atoms with Crippen LogP contribution in [0.5, 0.6) is 0 Å². The number of nitrogens with one attached hydrogen (secondary N) is 1. The Labute approximate surface area is 150 Å². The molecule has 138 valence electrons. The van der Waals surface area contributed by atoms with Crippen LogP contribution in [0.15, 0.2) is 35.4 Å². The third-order valence-electron chi connectivity index (χ3n) is 4.35. The van der Waals surface area contributed by atoms with E-state index in [1.807, 2.05) is 30.3 Å². The van der Waals surface area contributed by atoms with Gasteiger partial charge in [0, 0.05) is 11.5 Å². The van der Waals surface area contributed by atoms with E-state index in [9.17, 15) is 4.79 Å². The lowest BCUT2D eigenvalue weighted by Crippen LogP contribution is -2.47. The average Bonchev–Trinajstić information content (AvgIpc) is 2.55. The van der Waals surface area contributed by atoms with Crippen molar-refractivity contribution in [2.45, 2.75) is 51.6 Å². The molecule has 0 bridgehead atoms. The zero-order valence-electron chi connectivity index (χ0n) is 15.7. The predicted octanol–water partition coefficient (Wildman–Crippen LogP) is 4.61. The topological polar surface area (TPSA) is 96.3 Å². The number of carbonyl (C=O) groups is 1. The maximum absolute atomic E-state index is 12.0. The highest BCUT2D eigenvalue weighted by Crippen LogP contribution is 2.36. The van der Waals surface area contributed by atoms with E-state index in [2.05, 4.69) is 49.2 Å². The van der Waals surface area contributed by atoms with Crippen LogP contribution in [-0.2, 0) is 15.8 Å². The Hall–Kier alpha value is -2.02. The molecule has 1 aromatic rings. The number of amides is 1. The number of ether oxygens (including phenoxy) is 1. The van der Waals surface area contributed by atoms with Crippen molar-refractivity contribution in [1.29, 1.82) is 0 Å². The van der Waals surface area contributed by atoms with Gasteiger partial charge in [0.2, 0.25) is 0 Å². The summed E-state index contributed by atoms with van der Waals surface area (Å²) < 4.78 is 11.3. The van der Waals surface area contributed by atoms with Crippen LogP contribution in [0.25, 0.3) is 10.4 Å². The van der Waals surface area contributed by atoms with Crippen LogP contribution in [0, 0.1) is 0 Å². The predicted molar refractivity (Wildman–Crippen MR) is 101 cm³/mol. The molecule has 0 radical (unpaired) electrons. The number of nitrogens with zero attached hydrogens (tertiary/aromatic N) is 3. The van der Waals surface area contributed by atoms with E-state index in [0.29, 0.717) is 0 Å². The molecule has 0 spiro atoms. The highest BCUT2D eigenvalue weighted by atomic mass is 28.4. The maximum atomic E-state index is 12.0. The summed E-state index contributed by atoms with van der Waals surface area (Å²) in [4.78, 5) is 14.8. The summed E-state index contributed by atoms with van der Waals surface area (Å²) >= 11 is 0. The number of benzene rings is 1. The van der Waals surface area contributed by atoms with Gasteiger partial charge in [-0.25, -0.2) is 4.79 Å². The smallest absolute Gasteiger partial charge is 0.407 e. The molecule has 1 rings (SSSR count). The minimum Gasteiger partial charge on any atom is -0.445 e. The van der Waals surface area contributed by atoms with Crippen LogP contribution < -0.4 is 5.32 Å². The van der Waals surface area contributed by atoms with Crippen molar-refractivity contribution < 1.29 is 14.0 Å². The summed E-state index contributed by atoms with van der Waals surface area (Å²) in [6.45, 7) is 11.3. The minimum atomic E-state index is -1.96. The Morgan fingerprint density at radius 2 is 1.96 bits per heavy atom. The highest BCUT2D eigenvalue weighted by molar-refractivity contribution is 6.74. The zero-order valence-corrected chi connectivity index (χ0v) is 16.7.